The Hall–Kier alpha value is -18.4. The van der Waals surface area contributed by atoms with Gasteiger partial charge in [-0.05, 0) is 190 Å². The Morgan fingerprint density at radius 2 is 0.268 bits per heavy atom. The Labute approximate surface area is 802 Å². The molecule has 0 unspecified atom stereocenters. The zero-order valence-corrected chi connectivity index (χ0v) is 75.5. The molecular formula is C132H88N6. The van der Waals surface area contributed by atoms with Crippen LogP contribution in [0.5, 0.6) is 0 Å². The first-order chi connectivity index (χ1) is 68.5. The first kappa shape index (κ1) is 83.9. The fourth-order valence-electron chi connectivity index (χ4n) is 19.6. The maximum absolute atomic E-state index is 5.11. The van der Waals surface area contributed by atoms with Crippen LogP contribution in [0.4, 0.5) is 0 Å². The van der Waals surface area contributed by atoms with E-state index in [1.165, 1.54) is 137 Å². The van der Waals surface area contributed by atoms with Crippen molar-refractivity contribution in [3.05, 3.63) is 534 Å². The Morgan fingerprint density at radius 1 is 0.0870 bits per heavy atom. The Morgan fingerprint density at radius 3 is 0.572 bits per heavy atom. The van der Waals surface area contributed by atoms with Gasteiger partial charge < -0.3 is 0 Å². The molecule has 138 heavy (non-hydrogen) atoms. The van der Waals surface area contributed by atoms with Gasteiger partial charge in [0.25, 0.3) is 0 Å². The van der Waals surface area contributed by atoms with Crippen LogP contribution in [0.1, 0.15) is 0 Å². The van der Waals surface area contributed by atoms with E-state index in [-0.39, 0.29) is 0 Å². The second kappa shape index (κ2) is 38.1. The van der Waals surface area contributed by atoms with Crippen molar-refractivity contribution >= 4 is 64.6 Å². The highest BCUT2D eigenvalue weighted by Crippen LogP contribution is 2.50. The van der Waals surface area contributed by atoms with E-state index < -0.39 is 0 Å². The van der Waals surface area contributed by atoms with Crippen LogP contribution in [0.25, 0.3) is 244 Å². The van der Waals surface area contributed by atoms with Gasteiger partial charge in [-0.3, -0.25) is 0 Å². The van der Waals surface area contributed by atoms with Crippen LogP contribution >= 0.6 is 0 Å². The molecule has 3 aromatic heterocycles. The van der Waals surface area contributed by atoms with Gasteiger partial charge in [-0.15, -0.1) is 0 Å². The Bertz CT molecular complexity index is 8490. The van der Waals surface area contributed by atoms with Crippen LogP contribution in [-0.2, 0) is 0 Å². The van der Waals surface area contributed by atoms with Crippen molar-refractivity contribution in [3.63, 3.8) is 0 Å². The summed E-state index contributed by atoms with van der Waals surface area (Å²) in [4.78, 5) is 30.1. The molecule has 25 rings (SSSR count). The average molecular weight is 1760 g/mol. The lowest BCUT2D eigenvalue weighted by atomic mass is 9.85. The predicted octanol–water partition coefficient (Wildman–Crippen LogP) is 35.0. The normalized spacial score (nSPS) is 11.2. The summed E-state index contributed by atoms with van der Waals surface area (Å²) in [5, 5.41) is 14.8. The van der Waals surface area contributed by atoms with Gasteiger partial charge in [-0.2, -0.15) is 0 Å². The van der Waals surface area contributed by atoms with Gasteiger partial charge >= 0.3 is 0 Å². The highest BCUT2D eigenvalue weighted by Gasteiger charge is 2.24. The van der Waals surface area contributed by atoms with Gasteiger partial charge in [-0.1, -0.05) is 497 Å². The van der Waals surface area contributed by atoms with Gasteiger partial charge in [0, 0.05) is 44.5 Å². The average Bonchev–Trinajstić information content (AvgIpc) is 0.736. The minimum atomic E-state index is 0.646. The zero-order chi connectivity index (χ0) is 91.9. The monoisotopic (exact) mass is 1760 g/mol. The van der Waals surface area contributed by atoms with E-state index in [4.69, 9.17) is 29.9 Å². The molecule has 0 aliphatic rings. The smallest absolute Gasteiger partial charge is 0.164 e. The Balaban J connectivity index is 0.000000116. The van der Waals surface area contributed by atoms with Crippen molar-refractivity contribution in [1.29, 1.82) is 0 Å². The van der Waals surface area contributed by atoms with E-state index in [9.17, 15) is 0 Å². The van der Waals surface area contributed by atoms with Crippen molar-refractivity contribution in [2.45, 2.75) is 0 Å². The lowest BCUT2D eigenvalue weighted by Crippen LogP contribution is -2.00. The van der Waals surface area contributed by atoms with Crippen LogP contribution in [0.2, 0.25) is 0 Å². The molecule has 0 aliphatic carbocycles. The van der Waals surface area contributed by atoms with Gasteiger partial charge in [0.2, 0.25) is 0 Å². The van der Waals surface area contributed by atoms with Crippen LogP contribution in [0.15, 0.2) is 534 Å². The predicted molar refractivity (Wildman–Crippen MR) is 578 cm³/mol. The molecule has 0 saturated heterocycles. The van der Waals surface area contributed by atoms with Crippen molar-refractivity contribution in [2.24, 2.45) is 0 Å². The summed E-state index contributed by atoms with van der Waals surface area (Å²) in [5.41, 5.74) is 31.3. The molecule has 6 heteroatoms. The van der Waals surface area contributed by atoms with E-state index in [0.717, 1.165) is 83.8 Å². The highest BCUT2D eigenvalue weighted by atomic mass is 15.0. The molecule has 0 bridgehead atoms. The molecule has 25 aromatic rings. The van der Waals surface area contributed by atoms with Gasteiger partial charge in [0.15, 0.2) is 23.3 Å². The van der Waals surface area contributed by atoms with Crippen LogP contribution in [0, 0.1) is 0 Å². The first-order valence-electron chi connectivity index (χ1n) is 46.9. The van der Waals surface area contributed by atoms with Crippen LogP contribution in [0.3, 0.4) is 0 Å². The summed E-state index contributed by atoms with van der Waals surface area (Å²) in [7, 11) is 0. The molecule has 0 atom stereocenters. The second-order valence-electron chi connectivity index (χ2n) is 34.5. The number of aromatic nitrogens is 6. The molecule has 0 spiro atoms. The lowest BCUT2D eigenvalue weighted by molar-refractivity contribution is 1.07. The largest absolute Gasteiger partial charge is 0.248 e. The number of hydrogen-bond acceptors (Lipinski definition) is 6. The van der Waals surface area contributed by atoms with E-state index in [2.05, 4.69) is 425 Å². The minimum Gasteiger partial charge on any atom is -0.248 e. The van der Waals surface area contributed by atoms with Gasteiger partial charge in [-0.25, -0.2) is 29.9 Å². The van der Waals surface area contributed by atoms with Gasteiger partial charge in [0.05, 0.1) is 22.8 Å². The number of benzene rings is 22. The van der Waals surface area contributed by atoms with Crippen molar-refractivity contribution < 1.29 is 0 Å². The molecule has 0 amide bonds. The van der Waals surface area contributed by atoms with Crippen LogP contribution in [-0.4, -0.2) is 29.9 Å². The van der Waals surface area contributed by atoms with E-state index in [1.807, 2.05) is 109 Å². The summed E-state index contributed by atoms with van der Waals surface area (Å²) >= 11 is 0. The third-order valence-corrected chi connectivity index (χ3v) is 26.0. The number of rotatable bonds is 16. The maximum atomic E-state index is 5.11. The summed E-state index contributed by atoms with van der Waals surface area (Å²) in [5.74, 6) is 2.67. The molecule has 3 heterocycles. The molecule has 0 radical (unpaired) electrons. The van der Waals surface area contributed by atoms with E-state index >= 15 is 0 Å². The summed E-state index contributed by atoms with van der Waals surface area (Å²) in [6.45, 7) is 0. The second-order valence-corrected chi connectivity index (χ2v) is 34.5. The first-order valence-corrected chi connectivity index (χ1v) is 46.9. The minimum absolute atomic E-state index is 0.646. The third-order valence-electron chi connectivity index (χ3n) is 26.0. The third kappa shape index (κ3) is 16.9. The molecule has 22 aromatic carbocycles. The standard InChI is InChI=1S/C49H33N.C42H28N2.C41H27N3/c1-5-16-34(17-6-1)46-32-41(33-47(50-46)35-18-7-2-8-19-35)39-25-15-24-38(30-39)40-28-29-44-45(31-40)49(37-22-11-4-12-23-37)43-27-14-13-26-42(43)48(44)36-20-9-3-10-21-36;1-4-14-29(15-5-1)38-28-39(30-16-6-2-7-17-30)44-42(43-38)33-26-24-32(25-27-33)41-36-22-12-10-20-34(36)40(31-18-8-3-9-19-31)35-21-11-13-23-37(35)41;1-5-15-28(16-6-1)37-33-23-13-14-24-34(33)38(29-17-7-2-8-18-29)36-27-32(25-26-35(36)37)41-43-39(30-19-9-3-10-20-30)42-40(44-41)31-21-11-4-12-22-31/h1-33H;1-28H;1-27H. The van der Waals surface area contributed by atoms with Crippen LogP contribution < -0.4 is 0 Å². The van der Waals surface area contributed by atoms with Crippen molar-refractivity contribution in [2.75, 3.05) is 0 Å². The van der Waals surface area contributed by atoms with E-state index in [1.54, 1.807) is 0 Å². The maximum Gasteiger partial charge on any atom is 0.164 e. The van der Waals surface area contributed by atoms with Gasteiger partial charge in [0.1, 0.15) is 0 Å². The summed E-state index contributed by atoms with van der Waals surface area (Å²) in [6.07, 6.45) is 0. The molecule has 0 saturated carbocycles. The molecule has 0 N–H and O–H groups in total. The fourth-order valence-corrected chi connectivity index (χ4v) is 19.6. The molecule has 0 fully saturated rings. The number of pyridine rings is 1. The molecule has 6 nitrogen and oxygen atoms in total. The SMILES string of the molecule is c1ccc(-c2cc(-c3cccc(-c4ccc5c(-c6ccccc6)c6ccccc6c(-c6ccccc6)c5c4)c3)cc(-c3ccccc3)n2)cc1.c1ccc(-c2cc(-c3ccccc3)nc(-c3ccc(-c4c5ccccc5c(-c5ccccc5)c5ccccc45)cc3)n2)cc1.c1ccc(-c2nc(-c3ccccc3)nc(-c3ccc4c(-c5ccccc5)c5ccccc5c(-c5ccccc5)c4c3)n2)cc1. The topological polar surface area (TPSA) is 77.3 Å². The zero-order valence-electron chi connectivity index (χ0n) is 75.5. The number of fused-ring (bicyclic) bond motifs is 6. The van der Waals surface area contributed by atoms with Crippen molar-refractivity contribution in [3.8, 4) is 180 Å². The molecule has 0 aliphatic heterocycles. The molecule has 646 valence electrons. The Kier molecular flexibility index (Phi) is 23.2. The number of nitrogens with zero attached hydrogens (tertiary/aromatic N) is 6. The van der Waals surface area contributed by atoms with E-state index in [0.29, 0.717) is 23.3 Å². The lowest BCUT2D eigenvalue weighted by Gasteiger charge is -2.19. The number of hydrogen-bond donors (Lipinski definition) is 0. The summed E-state index contributed by atoms with van der Waals surface area (Å²) < 4.78 is 0. The fraction of sp³-hybridized carbons (Fsp3) is 0. The molecular weight excluding hydrogens is 1670 g/mol. The van der Waals surface area contributed by atoms with Crippen molar-refractivity contribution in [1.82, 2.24) is 29.9 Å². The highest BCUT2D eigenvalue weighted by molar-refractivity contribution is 6.25. The quantitative estimate of drug-likeness (QED) is 0.0897. The summed E-state index contributed by atoms with van der Waals surface area (Å²) in [6, 6.07) is 188.